The Morgan fingerprint density at radius 3 is 2.46 bits per heavy atom. The van der Waals surface area contributed by atoms with Gasteiger partial charge in [-0.25, -0.2) is 18.7 Å². The van der Waals surface area contributed by atoms with E-state index in [2.05, 4.69) is 17.2 Å². The lowest BCUT2D eigenvalue weighted by molar-refractivity contribution is 0.0303. The predicted octanol–water partition coefficient (Wildman–Crippen LogP) is 6.28. The van der Waals surface area contributed by atoms with Crippen molar-refractivity contribution in [3.8, 4) is 22.6 Å². The number of amides is 1. The number of hydrogen-bond acceptors (Lipinski definition) is 5. The van der Waals surface area contributed by atoms with E-state index in [-0.39, 0.29) is 11.4 Å². The fourth-order valence-electron chi connectivity index (χ4n) is 7.03. The lowest BCUT2D eigenvalue weighted by atomic mass is 9.62. The molecule has 2 bridgehead atoms. The Balaban J connectivity index is 1.27. The Hall–Kier alpha value is -3.85. The number of ether oxygens (including phenoxy) is 1. The van der Waals surface area contributed by atoms with Crippen molar-refractivity contribution in [3.63, 3.8) is 0 Å². The Morgan fingerprint density at radius 1 is 1.00 bits per heavy atom. The number of aromatic amines is 1. The minimum atomic E-state index is -0.659. The molecule has 2 atom stereocenters. The number of morpholine rings is 1. The van der Waals surface area contributed by atoms with Gasteiger partial charge in [0.25, 0.3) is 5.91 Å². The van der Waals surface area contributed by atoms with Gasteiger partial charge < -0.3 is 19.9 Å². The highest BCUT2D eigenvalue weighted by atomic mass is 19.1. The Labute approximate surface area is 237 Å². The number of rotatable bonds is 5. The van der Waals surface area contributed by atoms with E-state index >= 15 is 0 Å². The Bertz CT molecular complexity index is 1590. The number of benzene rings is 2. The van der Waals surface area contributed by atoms with Crippen molar-refractivity contribution in [2.24, 2.45) is 17.8 Å². The van der Waals surface area contributed by atoms with Crippen molar-refractivity contribution in [2.75, 3.05) is 31.6 Å². The lowest BCUT2D eigenvalue weighted by Crippen LogP contribution is -2.47. The minimum absolute atomic E-state index is 0.0187. The molecule has 9 heteroatoms. The number of aromatic nitrogens is 3. The van der Waals surface area contributed by atoms with Gasteiger partial charge in [-0.1, -0.05) is 19.1 Å². The first-order valence-corrected chi connectivity index (χ1v) is 14.5. The third-order valence-electron chi connectivity index (χ3n) is 9.35. The van der Waals surface area contributed by atoms with E-state index in [1.165, 1.54) is 31.7 Å². The standard InChI is InChI=1S/C32H33F2N5O2/c1-18-19-2-6-21(7-3-19)29(18)37-28-16-27(20-4-8-22(9-5-20)32(40)39-10-12-41-13-11-39)36-31(38-28)25-17-35-30-24(25)14-23(33)15-26(30)34/h4-5,8-9,14-19,21,29,35H,2-3,6-7,10-13H2,1H3,(H,36,37,38)/t18-,19?,21?,29+/m1/s1. The maximum Gasteiger partial charge on any atom is 0.254 e. The molecule has 1 saturated heterocycles. The quantitative estimate of drug-likeness (QED) is 0.302. The summed E-state index contributed by atoms with van der Waals surface area (Å²) in [4.78, 5) is 27.4. The summed E-state index contributed by atoms with van der Waals surface area (Å²) < 4.78 is 34.1. The average molecular weight is 558 g/mol. The van der Waals surface area contributed by atoms with E-state index in [0.29, 0.717) is 78.0 Å². The normalized spacial score (nSPS) is 24.1. The van der Waals surface area contributed by atoms with Crippen molar-refractivity contribution in [2.45, 2.75) is 38.6 Å². The van der Waals surface area contributed by atoms with Crippen LogP contribution in [0.2, 0.25) is 0 Å². The van der Waals surface area contributed by atoms with Crippen LogP contribution in [0.3, 0.4) is 0 Å². The highest BCUT2D eigenvalue weighted by Crippen LogP contribution is 2.46. The van der Waals surface area contributed by atoms with Gasteiger partial charge in [-0.15, -0.1) is 0 Å². The molecule has 41 heavy (non-hydrogen) atoms. The van der Waals surface area contributed by atoms with Gasteiger partial charge in [-0.2, -0.15) is 0 Å². The van der Waals surface area contributed by atoms with Gasteiger partial charge in [0, 0.05) is 59.5 Å². The van der Waals surface area contributed by atoms with Gasteiger partial charge in [-0.05, 0) is 61.6 Å². The molecule has 0 radical (unpaired) electrons. The van der Waals surface area contributed by atoms with Crippen LogP contribution in [0.15, 0.2) is 48.7 Å². The van der Waals surface area contributed by atoms with Crippen LogP contribution in [0.1, 0.15) is 43.0 Å². The molecular formula is C32H33F2N5O2. The fraction of sp³-hybridized carbons (Fsp3) is 0.406. The van der Waals surface area contributed by atoms with Crippen molar-refractivity contribution < 1.29 is 18.3 Å². The van der Waals surface area contributed by atoms with Gasteiger partial charge in [0.1, 0.15) is 17.5 Å². The van der Waals surface area contributed by atoms with Gasteiger partial charge in [0.05, 0.1) is 24.4 Å². The molecule has 3 saturated carbocycles. The first-order valence-electron chi connectivity index (χ1n) is 14.5. The van der Waals surface area contributed by atoms with Crippen LogP contribution in [0, 0.1) is 29.4 Å². The second-order valence-electron chi connectivity index (χ2n) is 11.7. The number of nitrogens with zero attached hydrogens (tertiary/aromatic N) is 3. The summed E-state index contributed by atoms with van der Waals surface area (Å²) >= 11 is 0. The molecule has 4 aromatic rings. The molecule has 3 aliphatic carbocycles. The Kier molecular flexibility index (Phi) is 6.69. The minimum Gasteiger partial charge on any atom is -0.378 e. The predicted molar refractivity (Wildman–Crippen MR) is 153 cm³/mol. The van der Waals surface area contributed by atoms with E-state index in [9.17, 15) is 13.6 Å². The zero-order valence-electron chi connectivity index (χ0n) is 23.0. The summed E-state index contributed by atoms with van der Waals surface area (Å²) in [5, 5.41) is 4.13. The van der Waals surface area contributed by atoms with E-state index in [1.807, 2.05) is 30.3 Å². The molecule has 4 fully saturated rings. The van der Waals surface area contributed by atoms with Crippen LogP contribution in [-0.4, -0.2) is 58.1 Å². The largest absolute Gasteiger partial charge is 0.378 e. The molecule has 2 aromatic heterocycles. The van der Waals surface area contributed by atoms with Gasteiger partial charge >= 0.3 is 0 Å². The van der Waals surface area contributed by atoms with Crippen LogP contribution in [0.5, 0.6) is 0 Å². The number of nitrogens with one attached hydrogen (secondary N) is 2. The number of fused-ring (bicyclic) bond motifs is 4. The van der Waals surface area contributed by atoms with E-state index in [0.717, 1.165) is 17.5 Å². The summed E-state index contributed by atoms with van der Waals surface area (Å²) in [6.45, 7) is 4.58. The maximum absolute atomic E-state index is 14.5. The molecule has 8 rings (SSSR count). The molecular weight excluding hydrogens is 524 g/mol. The van der Waals surface area contributed by atoms with Gasteiger partial charge in [-0.3, -0.25) is 4.79 Å². The summed E-state index contributed by atoms with van der Waals surface area (Å²) in [5.41, 5.74) is 2.85. The van der Waals surface area contributed by atoms with Crippen LogP contribution >= 0.6 is 0 Å². The molecule has 2 aromatic carbocycles. The van der Waals surface area contributed by atoms with Crippen molar-refractivity contribution >= 4 is 22.6 Å². The number of anilines is 1. The summed E-state index contributed by atoms with van der Waals surface area (Å²) in [7, 11) is 0. The fourth-order valence-corrected chi connectivity index (χ4v) is 7.03. The number of H-pyrrole nitrogens is 1. The summed E-state index contributed by atoms with van der Waals surface area (Å²) in [6, 6.07) is 11.8. The first-order chi connectivity index (χ1) is 19.9. The van der Waals surface area contributed by atoms with Crippen LogP contribution in [0.25, 0.3) is 33.5 Å². The second kappa shape index (κ2) is 10.5. The van der Waals surface area contributed by atoms with E-state index in [4.69, 9.17) is 14.7 Å². The molecule has 1 aliphatic heterocycles. The third-order valence-corrected chi connectivity index (χ3v) is 9.35. The van der Waals surface area contributed by atoms with Crippen LogP contribution in [0.4, 0.5) is 14.6 Å². The number of carbonyl (C=O) groups is 1. The lowest BCUT2D eigenvalue weighted by Gasteiger charge is -2.47. The maximum atomic E-state index is 14.5. The molecule has 7 nitrogen and oxygen atoms in total. The highest BCUT2D eigenvalue weighted by molar-refractivity contribution is 5.95. The zero-order valence-corrected chi connectivity index (χ0v) is 23.0. The molecule has 0 unspecified atom stereocenters. The van der Waals surface area contributed by atoms with Crippen molar-refractivity contribution in [1.82, 2.24) is 19.9 Å². The summed E-state index contributed by atoms with van der Waals surface area (Å²) in [5.74, 6) is 1.58. The van der Waals surface area contributed by atoms with Crippen LogP contribution < -0.4 is 5.32 Å². The molecule has 3 heterocycles. The van der Waals surface area contributed by atoms with E-state index in [1.54, 1.807) is 11.1 Å². The monoisotopic (exact) mass is 557 g/mol. The molecule has 4 aliphatic rings. The van der Waals surface area contributed by atoms with Gasteiger partial charge in [0.15, 0.2) is 5.82 Å². The topological polar surface area (TPSA) is 83.1 Å². The molecule has 0 spiro atoms. The van der Waals surface area contributed by atoms with Gasteiger partial charge in [0.2, 0.25) is 0 Å². The number of carbonyl (C=O) groups excluding carboxylic acids is 1. The Morgan fingerprint density at radius 2 is 1.73 bits per heavy atom. The average Bonchev–Trinajstić information content (AvgIpc) is 3.43. The second-order valence-corrected chi connectivity index (χ2v) is 11.7. The number of hydrogen-bond donors (Lipinski definition) is 2. The number of halogens is 2. The summed E-state index contributed by atoms with van der Waals surface area (Å²) in [6.07, 6.45) is 6.64. The molecule has 1 amide bonds. The third kappa shape index (κ3) is 4.86. The zero-order chi connectivity index (χ0) is 28.1. The van der Waals surface area contributed by atoms with Crippen LogP contribution in [-0.2, 0) is 4.74 Å². The van der Waals surface area contributed by atoms with Crippen molar-refractivity contribution in [3.05, 3.63) is 65.9 Å². The molecule has 2 N–H and O–H groups in total. The first kappa shape index (κ1) is 26.1. The SMILES string of the molecule is C[C@@H]1C2CCC(CC2)[C@H]1Nc1cc(-c2ccc(C(=O)N3CCOCC3)cc2)nc(-c2c[nH]c3c(F)cc(F)cc23)n1. The van der Waals surface area contributed by atoms with Crippen molar-refractivity contribution in [1.29, 1.82) is 0 Å². The highest BCUT2D eigenvalue weighted by Gasteiger charge is 2.41. The molecule has 212 valence electrons. The smallest absolute Gasteiger partial charge is 0.254 e. The van der Waals surface area contributed by atoms with E-state index < -0.39 is 11.6 Å².